The Kier molecular flexibility index (Phi) is 4.41. The number of hydrogen-bond acceptors (Lipinski definition) is 4. The summed E-state index contributed by atoms with van der Waals surface area (Å²) in [5, 5.41) is 5.37. The molecule has 1 N–H and O–H groups in total. The number of rotatable bonds is 4. The number of carbonyl (C=O) groups is 1. The Morgan fingerprint density at radius 1 is 1.50 bits per heavy atom. The molecular formula is C18H24N4OS. The van der Waals surface area contributed by atoms with Crippen LogP contribution in [0.1, 0.15) is 29.5 Å². The maximum absolute atomic E-state index is 12.5. The Morgan fingerprint density at radius 3 is 3.33 bits per heavy atom. The summed E-state index contributed by atoms with van der Waals surface area (Å²) in [6.45, 7) is 5.95. The zero-order chi connectivity index (χ0) is 16.5. The lowest BCUT2D eigenvalue weighted by molar-refractivity contribution is -0.125. The fraction of sp³-hybridized carbons (Fsp3) is 0.556. The van der Waals surface area contributed by atoms with Crippen LogP contribution in [0.15, 0.2) is 24.0 Å². The number of thiophene rings is 1. The van der Waals surface area contributed by atoms with Gasteiger partial charge in [0.1, 0.15) is 0 Å². The third kappa shape index (κ3) is 3.13. The highest BCUT2D eigenvalue weighted by molar-refractivity contribution is 7.10. The second kappa shape index (κ2) is 6.69. The third-order valence-corrected chi connectivity index (χ3v) is 6.40. The summed E-state index contributed by atoms with van der Waals surface area (Å²) in [7, 11) is 0. The minimum Gasteiger partial charge on any atom is -0.354 e. The number of aryl methyl sites for hydroxylation is 1. The van der Waals surface area contributed by atoms with Gasteiger partial charge in [-0.25, -0.2) is 4.98 Å². The first kappa shape index (κ1) is 15.8. The van der Waals surface area contributed by atoms with Crippen LogP contribution in [-0.4, -0.2) is 39.5 Å². The van der Waals surface area contributed by atoms with Crippen molar-refractivity contribution in [3.63, 3.8) is 0 Å². The summed E-state index contributed by atoms with van der Waals surface area (Å²) in [5.74, 6) is 0.286. The monoisotopic (exact) mass is 344 g/mol. The van der Waals surface area contributed by atoms with Gasteiger partial charge in [0.15, 0.2) is 0 Å². The molecule has 2 aliphatic heterocycles. The highest BCUT2D eigenvalue weighted by Crippen LogP contribution is 2.25. The van der Waals surface area contributed by atoms with Gasteiger partial charge in [0.2, 0.25) is 5.91 Å². The van der Waals surface area contributed by atoms with Gasteiger partial charge in [-0.05, 0) is 36.8 Å². The van der Waals surface area contributed by atoms with Crippen molar-refractivity contribution in [1.29, 1.82) is 0 Å². The Hall–Kier alpha value is -1.66. The second-order valence-corrected chi connectivity index (χ2v) is 7.95. The standard InChI is InChI=1S/C18H24N4OS/c1-13(21-6-3-17-15(11-21)4-7-24-17)9-20-18(23)14-2-5-22-12-19-10-16(22)8-14/h4,7,10,12-14H,2-3,5-6,8-9,11H2,1H3,(H,20,23)/t13-,14+/m0/s1. The van der Waals surface area contributed by atoms with E-state index >= 15 is 0 Å². The Labute approximate surface area is 146 Å². The largest absolute Gasteiger partial charge is 0.354 e. The third-order valence-electron chi connectivity index (χ3n) is 5.38. The number of imidazole rings is 1. The molecule has 5 nitrogen and oxygen atoms in total. The highest BCUT2D eigenvalue weighted by Gasteiger charge is 2.26. The minimum atomic E-state index is 0.0891. The summed E-state index contributed by atoms with van der Waals surface area (Å²) in [6, 6.07) is 2.61. The van der Waals surface area contributed by atoms with Crippen molar-refractivity contribution < 1.29 is 4.79 Å². The zero-order valence-corrected chi connectivity index (χ0v) is 14.9. The molecule has 2 aromatic heterocycles. The van der Waals surface area contributed by atoms with Gasteiger partial charge in [0.05, 0.1) is 6.33 Å². The van der Waals surface area contributed by atoms with Gasteiger partial charge >= 0.3 is 0 Å². The van der Waals surface area contributed by atoms with Gasteiger partial charge in [-0.15, -0.1) is 11.3 Å². The van der Waals surface area contributed by atoms with Crippen molar-refractivity contribution in [3.05, 3.63) is 40.1 Å². The van der Waals surface area contributed by atoms with E-state index < -0.39 is 0 Å². The number of carbonyl (C=O) groups excluding carboxylic acids is 1. The summed E-state index contributed by atoms with van der Waals surface area (Å²) >= 11 is 1.87. The Morgan fingerprint density at radius 2 is 2.42 bits per heavy atom. The molecule has 0 bridgehead atoms. The van der Waals surface area contributed by atoms with Crippen LogP contribution in [0, 0.1) is 5.92 Å². The van der Waals surface area contributed by atoms with Crippen LogP contribution in [0.3, 0.4) is 0 Å². The van der Waals surface area contributed by atoms with E-state index in [0.29, 0.717) is 6.04 Å². The van der Waals surface area contributed by atoms with Crippen LogP contribution in [-0.2, 0) is 30.7 Å². The summed E-state index contributed by atoms with van der Waals surface area (Å²) in [5.41, 5.74) is 2.64. The van der Waals surface area contributed by atoms with Crippen LogP contribution < -0.4 is 5.32 Å². The molecule has 0 radical (unpaired) electrons. The van der Waals surface area contributed by atoms with Crippen molar-refractivity contribution >= 4 is 17.2 Å². The number of hydrogen-bond donors (Lipinski definition) is 1. The van der Waals surface area contributed by atoms with Crippen LogP contribution >= 0.6 is 11.3 Å². The molecular weight excluding hydrogens is 320 g/mol. The van der Waals surface area contributed by atoms with Gasteiger partial charge in [-0.3, -0.25) is 9.69 Å². The van der Waals surface area contributed by atoms with Gasteiger partial charge < -0.3 is 9.88 Å². The molecule has 0 saturated carbocycles. The lowest BCUT2D eigenvalue weighted by Gasteiger charge is -2.33. The van der Waals surface area contributed by atoms with E-state index in [4.69, 9.17) is 0 Å². The summed E-state index contributed by atoms with van der Waals surface area (Å²) in [6.07, 6.45) is 6.60. The van der Waals surface area contributed by atoms with Crippen LogP contribution in [0.2, 0.25) is 0 Å². The molecule has 0 unspecified atom stereocenters. The smallest absolute Gasteiger partial charge is 0.223 e. The highest BCUT2D eigenvalue weighted by atomic mass is 32.1. The zero-order valence-electron chi connectivity index (χ0n) is 14.1. The molecule has 24 heavy (non-hydrogen) atoms. The van der Waals surface area contributed by atoms with Crippen LogP contribution in [0.5, 0.6) is 0 Å². The van der Waals surface area contributed by atoms with E-state index in [9.17, 15) is 4.79 Å². The lowest BCUT2D eigenvalue weighted by atomic mass is 9.95. The predicted molar refractivity (Wildman–Crippen MR) is 94.9 cm³/mol. The second-order valence-electron chi connectivity index (χ2n) is 6.95. The molecule has 2 atom stereocenters. The van der Waals surface area contributed by atoms with Crippen molar-refractivity contribution in [2.75, 3.05) is 13.1 Å². The quantitative estimate of drug-likeness (QED) is 0.924. The van der Waals surface area contributed by atoms with E-state index in [1.807, 2.05) is 23.9 Å². The SMILES string of the molecule is C[C@@H](CNC(=O)[C@@H]1CCn2cncc2C1)N1CCc2sccc2C1. The molecule has 0 saturated heterocycles. The first-order valence-electron chi connectivity index (χ1n) is 8.76. The Balaban J connectivity index is 1.28. The normalized spacial score (nSPS) is 21.8. The topological polar surface area (TPSA) is 50.2 Å². The average molecular weight is 344 g/mol. The molecule has 4 rings (SSSR count). The van der Waals surface area contributed by atoms with E-state index in [1.165, 1.54) is 16.1 Å². The van der Waals surface area contributed by atoms with Gasteiger partial charge in [0, 0.05) is 61.3 Å². The van der Waals surface area contributed by atoms with Crippen molar-refractivity contribution in [2.45, 2.75) is 45.3 Å². The number of nitrogens with one attached hydrogen (secondary N) is 1. The van der Waals surface area contributed by atoms with E-state index in [0.717, 1.165) is 45.4 Å². The van der Waals surface area contributed by atoms with Crippen LogP contribution in [0.25, 0.3) is 0 Å². The number of fused-ring (bicyclic) bond motifs is 2. The molecule has 128 valence electrons. The first-order valence-corrected chi connectivity index (χ1v) is 9.64. The van der Waals surface area contributed by atoms with Crippen molar-refractivity contribution in [3.8, 4) is 0 Å². The number of aromatic nitrogens is 2. The lowest BCUT2D eigenvalue weighted by Crippen LogP contribution is -2.46. The fourth-order valence-corrected chi connectivity index (χ4v) is 4.65. The minimum absolute atomic E-state index is 0.0891. The molecule has 0 aliphatic carbocycles. The van der Waals surface area contributed by atoms with Gasteiger partial charge in [-0.1, -0.05) is 0 Å². The fourth-order valence-electron chi connectivity index (χ4n) is 3.76. The average Bonchev–Trinajstić information content (AvgIpc) is 3.26. The molecule has 0 spiro atoms. The van der Waals surface area contributed by atoms with Gasteiger partial charge in [-0.2, -0.15) is 0 Å². The van der Waals surface area contributed by atoms with E-state index in [1.54, 1.807) is 0 Å². The molecule has 2 aromatic rings. The van der Waals surface area contributed by atoms with Gasteiger partial charge in [0.25, 0.3) is 0 Å². The number of amides is 1. The van der Waals surface area contributed by atoms with Crippen molar-refractivity contribution in [1.82, 2.24) is 19.8 Å². The summed E-state index contributed by atoms with van der Waals surface area (Å²) < 4.78 is 2.15. The van der Waals surface area contributed by atoms with Crippen molar-refractivity contribution in [2.24, 2.45) is 5.92 Å². The Bertz CT molecular complexity index is 722. The molecule has 4 heterocycles. The van der Waals surface area contributed by atoms with Crippen LogP contribution in [0.4, 0.5) is 0 Å². The predicted octanol–water partition coefficient (Wildman–Crippen LogP) is 2.07. The maximum Gasteiger partial charge on any atom is 0.223 e. The first-order chi connectivity index (χ1) is 11.7. The maximum atomic E-state index is 12.5. The molecule has 0 aromatic carbocycles. The molecule has 2 aliphatic rings. The molecule has 1 amide bonds. The molecule has 0 fully saturated rings. The van der Waals surface area contributed by atoms with E-state index in [2.05, 4.69) is 38.1 Å². The number of nitrogens with zero attached hydrogens (tertiary/aromatic N) is 3. The molecule has 6 heteroatoms. The summed E-state index contributed by atoms with van der Waals surface area (Å²) in [4.78, 5) is 20.7. The van der Waals surface area contributed by atoms with E-state index in [-0.39, 0.29) is 11.8 Å².